The molecular formula is C13H25N5O3. The first-order valence-electron chi connectivity index (χ1n) is 7.05. The number of carbonyl (C=O) groups is 3. The lowest BCUT2D eigenvalue weighted by atomic mass is 10.0. The Bertz CT molecular complexity index is 378. The zero-order chi connectivity index (χ0) is 15.9. The molecule has 0 aliphatic carbocycles. The molecule has 0 aromatic rings. The van der Waals surface area contributed by atoms with E-state index >= 15 is 0 Å². The Morgan fingerprint density at radius 3 is 2.33 bits per heavy atom. The zero-order valence-corrected chi connectivity index (χ0v) is 12.9. The van der Waals surface area contributed by atoms with E-state index in [4.69, 9.17) is 0 Å². The van der Waals surface area contributed by atoms with Crippen molar-refractivity contribution >= 4 is 18.2 Å². The highest BCUT2D eigenvalue weighted by Crippen LogP contribution is 2.03. The fourth-order valence-corrected chi connectivity index (χ4v) is 1.96. The van der Waals surface area contributed by atoms with E-state index in [1.807, 2.05) is 0 Å². The Labute approximate surface area is 125 Å². The highest BCUT2D eigenvalue weighted by Gasteiger charge is 2.28. The lowest BCUT2D eigenvalue weighted by Crippen LogP contribution is -2.57. The van der Waals surface area contributed by atoms with Crippen molar-refractivity contribution in [2.24, 2.45) is 0 Å². The molecule has 1 saturated heterocycles. The molecule has 21 heavy (non-hydrogen) atoms. The molecule has 0 radical (unpaired) electrons. The molecule has 0 unspecified atom stereocenters. The van der Waals surface area contributed by atoms with Crippen LogP contribution in [0.1, 0.15) is 13.8 Å². The van der Waals surface area contributed by atoms with E-state index in [2.05, 4.69) is 16.0 Å². The fraction of sp³-hybridized carbons (Fsp3) is 0.769. The molecule has 0 atom stereocenters. The molecule has 3 N–H and O–H groups in total. The van der Waals surface area contributed by atoms with Gasteiger partial charge in [0.1, 0.15) is 0 Å². The van der Waals surface area contributed by atoms with Gasteiger partial charge in [-0.1, -0.05) is 0 Å². The maximum atomic E-state index is 12.1. The Morgan fingerprint density at radius 2 is 1.81 bits per heavy atom. The number of amides is 3. The summed E-state index contributed by atoms with van der Waals surface area (Å²) in [5, 5.41) is 8.51. The number of carbonyl (C=O) groups excluding carboxylic acids is 3. The average Bonchev–Trinajstić information content (AvgIpc) is 2.50. The number of hydrogen-bond acceptors (Lipinski definition) is 5. The van der Waals surface area contributed by atoms with Crippen LogP contribution in [0.2, 0.25) is 0 Å². The average molecular weight is 299 g/mol. The minimum absolute atomic E-state index is 0.0601. The molecule has 8 nitrogen and oxygen atoms in total. The summed E-state index contributed by atoms with van der Waals surface area (Å²) in [7, 11) is 1.74. The summed E-state index contributed by atoms with van der Waals surface area (Å²) in [6.45, 7) is 6.12. The van der Waals surface area contributed by atoms with Gasteiger partial charge in [-0.25, -0.2) is 0 Å². The van der Waals surface area contributed by atoms with E-state index in [1.165, 1.54) is 0 Å². The third kappa shape index (κ3) is 5.31. The topological polar surface area (TPSA) is 93.8 Å². The second-order valence-corrected chi connectivity index (χ2v) is 5.54. The van der Waals surface area contributed by atoms with Crippen LogP contribution in [0.3, 0.4) is 0 Å². The molecule has 1 aliphatic heterocycles. The van der Waals surface area contributed by atoms with E-state index in [9.17, 15) is 14.4 Å². The van der Waals surface area contributed by atoms with E-state index in [1.54, 1.807) is 30.7 Å². The van der Waals surface area contributed by atoms with Crippen molar-refractivity contribution in [3.8, 4) is 0 Å². The molecular weight excluding hydrogens is 274 g/mol. The lowest BCUT2D eigenvalue weighted by Gasteiger charge is -2.33. The molecule has 0 spiro atoms. The summed E-state index contributed by atoms with van der Waals surface area (Å²) in [6, 6.07) is 0. The van der Waals surface area contributed by atoms with Crippen molar-refractivity contribution in [3.05, 3.63) is 0 Å². The van der Waals surface area contributed by atoms with E-state index < -0.39 is 5.54 Å². The molecule has 1 heterocycles. The summed E-state index contributed by atoms with van der Waals surface area (Å²) >= 11 is 0. The molecule has 0 saturated carbocycles. The van der Waals surface area contributed by atoms with Gasteiger partial charge in [-0.3, -0.25) is 19.7 Å². The van der Waals surface area contributed by atoms with Crippen LogP contribution in [0.5, 0.6) is 0 Å². The van der Waals surface area contributed by atoms with Gasteiger partial charge in [0.25, 0.3) is 0 Å². The predicted molar refractivity (Wildman–Crippen MR) is 78.4 cm³/mol. The van der Waals surface area contributed by atoms with Gasteiger partial charge in [0.15, 0.2) is 0 Å². The van der Waals surface area contributed by atoms with Gasteiger partial charge in [-0.05, 0) is 20.9 Å². The molecule has 0 aromatic carbocycles. The lowest BCUT2D eigenvalue weighted by molar-refractivity contribution is -0.135. The summed E-state index contributed by atoms with van der Waals surface area (Å²) in [4.78, 5) is 38.0. The van der Waals surface area contributed by atoms with Gasteiger partial charge in [0.2, 0.25) is 18.2 Å². The van der Waals surface area contributed by atoms with E-state index in [0.29, 0.717) is 32.8 Å². The number of rotatable bonds is 7. The van der Waals surface area contributed by atoms with Gasteiger partial charge < -0.3 is 20.4 Å². The molecule has 0 aromatic heterocycles. The standard InChI is InChI=1S/C13H25N5O3/c1-13(2,12(21)15-9-14-3)16-8-11(20)18-6-4-17(10-19)5-7-18/h10,14,16H,4-9H2,1-3H3,(H,15,21). The summed E-state index contributed by atoms with van der Waals surface area (Å²) in [5.74, 6) is -0.231. The van der Waals surface area contributed by atoms with Crippen LogP contribution in [0.25, 0.3) is 0 Å². The molecule has 8 heteroatoms. The van der Waals surface area contributed by atoms with Crippen LogP contribution in [-0.2, 0) is 14.4 Å². The maximum Gasteiger partial charge on any atom is 0.240 e. The normalized spacial score (nSPS) is 15.8. The molecule has 0 bridgehead atoms. The van der Waals surface area contributed by atoms with E-state index in [0.717, 1.165) is 6.41 Å². The minimum Gasteiger partial charge on any atom is -0.342 e. The molecule has 1 aliphatic rings. The smallest absolute Gasteiger partial charge is 0.240 e. The largest absolute Gasteiger partial charge is 0.342 e. The van der Waals surface area contributed by atoms with Crippen molar-refractivity contribution < 1.29 is 14.4 Å². The van der Waals surface area contributed by atoms with Gasteiger partial charge in [-0.15, -0.1) is 0 Å². The van der Waals surface area contributed by atoms with Gasteiger partial charge in [0, 0.05) is 26.2 Å². The summed E-state index contributed by atoms with van der Waals surface area (Å²) in [5.41, 5.74) is -0.822. The quantitative estimate of drug-likeness (QED) is 0.372. The summed E-state index contributed by atoms with van der Waals surface area (Å²) in [6.07, 6.45) is 0.801. The Morgan fingerprint density at radius 1 is 1.19 bits per heavy atom. The first-order valence-corrected chi connectivity index (χ1v) is 7.05. The predicted octanol–water partition coefficient (Wildman–Crippen LogP) is -2.05. The van der Waals surface area contributed by atoms with Gasteiger partial charge >= 0.3 is 0 Å². The highest BCUT2D eigenvalue weighted by atomic mass is 16.2. The second kappa shape index (κ2) is 7.94. The summed E-state index contributed by atoms with van der Waals surface area (Å²) < 4.78 is 0. The molecule has 1 fully saturated rings. The number of piperazine rings is 1. The Hall–Kier alpha value is -1.67. The molecule has 120 valence electrons. The third-order valence-electron chi connectivity index (χ3n) is 3.49. The number of hydrogen-bond donors (Lipinski definition) is 3. The first kappa shape index (κ1) is 17.4. The molecule has 3 amide bonds. The van der Waals surface area contributed by atoms with Crippen molar-refractivity contribution in [2.45, 2.75) is 19.4 Å². The van der Waals surface area contributed by atoms with Crippen LogP contribution < -0.4 is 16.0 Å². The van der Waals surface area contributed by atoms with Crippen LogP contribution >= 0.6 is 0 Å². The van der Waals surface area contributed by atoms with Crippen LogP contribution in [0.4, 0.5) is 0 Å². The maximum absolute atomic E-state index is 12.1. The molecule has 1 rings (SSSR count). The highest BCUT2D eigenvalue weighted by molar-refractivity contribution is 5.86. The number of nitrogens with zero attached hydrogens (tertiary/aromatic N) is 2. The first-order chi connectivity index (χ1) is 9.90. The Kier molecular flexibility index (Phi) is 6.57. The number of nitrogens with one attached hydrogen (secondary N) is 3. The van der Waals surface area contributed by atoms with Crippen LogP contribution in [0, 0.1) is 0 Å². The minimum atomic E-state index is -0.822. The Balaban J connectivity index is 2.38. The van der Waals surface area contributed by atoms with E-state index in [-0.39, 0.29) is 18.4 Å². The second-order valence-electron chi connectivity index (χ2n) is 5.54. The van der Waals surface area contributed by atoms with Crippen molar-refractivity contribution in [3.63, 3.8) is 0 Å². The van der Waals surface area contributed by atoms with Gasteiger partial charge in [0.05, 0.1) is 18.8 Å². The van der Waals surface area contributed by atoms with Gasteiger partial charge in [-0.2, -0.15) is 0 Å². The third-order valence-corrected chi connectivity index (χ3v) is 3.49. The zero-order valence-electron chi connectivity index (χ0n) is 12.9. The van der Waals surface area contributed by atoms with Crippen molar-refractivity contribution in [1.82, 2.24) is 25.8 Å². The van der Waals surface area contributed by atoms with Crippen molar-refractivity contribution in [2.75, 3.05) is 46.4 Å². The van der Waals surface area contributed by atoms with Crippen molar-refractivity contribution in [1.29, 1.82) is 0 Å². The van der Waals surface area contributed by atoms with Crippen LogP contribution in [-0.4, -0.2) is 80.0 Å². The fourth-order valence-electron chi connectivity index (χ4n) is 1.96. The SMILES string of the molecule is CNCNC(=O)C(C)(C)NCC(=O)N1CCN(C=O)CC1. The van der Waals surface area contributed by atoms with Crippen LogP contribution in [0.15, 0.2) is 0 Å². The monoisotopic (exact) mass is 299 g/mol.